The molecule has 0 fully saturated rings. The number of ether oxygens (including phenoxy) is 1. The van der Waals surface area contributed by atoms with E-state index in [2.05, 4.69) is 22.9 Å². The molecular formula is C22H29N3O3. The van der Waals surface area contributed by atoms with Crippen LogP contribution in [-0.2, 0) is 9.59 Å². The van der Waals surface area contributed by atoms with Gasteiger partial charge in [-0.2, -0.15) is 0 Å². The van der Waals surface area contributed by atoms with E-state index in [1.807, 2.05) is 57.2 Å². The summed E-state index contributed by atoms with van der Waals surface area (Å²) in [5, 5.41) is 8.75. The highest BCUT2D eigenvalue weighted by Crippen LogP contribution is 2.19. The van der Waals surface area contributed by atoms with Gasteiger partial charge in [0.25, 0.3) is 0 Å². The van der Waals surface area contributed by atoms with Crippen molar-refractivity contribution in [1.29, 1.82) is 0 Å². The minimum absolute atomic E-state index is 0.0281. The summed E-state index contributed by atoms with van der Waals surface area (Å²) >= 11 is 0. The second-order valence-electron chi connectivity index (χ2n) is 6.99. The lowest BCUT2D eigenvalue weighted by atomic mass is 10.2. The highest BCUT2D eigenvalue weighted by molar-refractivity contribution is 5.94. The van der Waals surface area contributed by atoms with Crippen LogP contribution in [0.3, 0.4) is 0 Å². The van der Waals surface area contributed by atoms with Crippen molar-refractivity contribution in [2.45, 2.75) is 40.2 Å². The number of anilines is 3. The van der Waals surface area contributed by atoms with Gasteiger partial charge in [0.2, 0.25) is 11.8 Å². The van der Waals surface area contributed by atoms with Crippen LogP contribution in [0.4, 0.5) is 17.1 Å². The first-order chi connectivity index (χ1) is 13.4. The molecule has 150 valence electrons. The first-order valence-electron chi connectivity index (χ1n) is 9.58. The highest BCUT2D eigenvalue weighted by atomic mass is 16.5. The van der Waals surface area contributed by atoms with E-state index >= 15 is 0 Å². The molecule has 2 amide bonds. The summed E-state index contributed by atoms with van der Waals surface area (Å²) in [6.45, 7) is 7.89. The Hall–Kier alpha value is -3.02. The summed E-state index contributed by atoms with van der Waals surface area (Å²) in [6, 6.07) is 14.6. The summed E-state index contributed by atoms with van der Waals surface area (Å²) in [4.78, 5) is 23.9. The van der Waals surface area contributed by atoms with Crippen LogP contribution in [0.2, 0.25) is 0 Å². The van der Waals surface area contributed by atoms with E-state index in [4.69, 9.17) is 4.74 Å². The standard InChI is InChI=1S/C22H29N3O3/c1-5-16(4)28-20-8-6-7-19(13-20)24-21(26)14-23-17-9-11-18(12-10-17)25-22(27)15(2)3/h6-13,15-16,23H,5,14H2,1-4H3,(H,24,26)(H,25,27). The fourth-order valence-electron chi connectivity index (χ4n) is 2.31. The first-order valence-corrected chi connectivity index (χ1v) is 9.58. The summed E-state index contributed by atoms with van der Waals surface area (Å²) < 4.78 is 5.77. The van der Waals surface area contributed by atoms with Crippen molar-refractivity contribution in [3.63, 3.8) is 0 Å². The number of rotatable bonds is 9. The predicted octanol–water partition coefficient (Wildman–Crippen LogP) is 4.51. The minimum atomic E-state index is -0.155. The molecule has 28 heavy (non-hydrogen) atoms. The van der Waals surface area contributed by atoms with Crippen molar-refractivity contribution in [2.24, 2.45) is 5.92 Å². The lowest BCUT2D eigenvalue weighted by Gasteiger charge is -2.14. The summed E-state index contributed by atoms with van der Waals surface area (Å²) in [5.74, 6) is 0.479. The van der Waals surface area contributed by atoms with E-state index in [1.54, 1.807) is 12.1 Å². The third kappa shape index (κ3) is 6.95. The zero-order valence-electron chi connectivity index (χ0n) is 16.9. The molecule has 0 saturated carbocycles. The molecule has 0 aliphatic carbocycles. The number of amides is 2. The van der Waals surface area contributed by atoms with Crippen LogP contribution in [0.5, 0.6) is 5.75 Å². The van der Waals surface area contributed by atoms with Crippen molar-refractivity contribution in [3.8, 4) is 5.75 Å². The second kappa shape index (κ2) is 10.3. The molecule has 0 aliphatic heterocycles. The number of benzene rings is 2. The van der Waals surface area contributed by atoms with Gasteiger partial charge in [0.1, 0.15) is 5.75 Å². The maximum Gasteiger partial charge on any atom is 0.243 e. The summed E-state index contributed by atoms with van der Waals surface area (Å²) in [6.07, 6.45) is 1.04. The third-order valence-corrected chi connectivity index (χ3v) is 4.16. The molecule has 2 aromatic rings. The number of hydrogen-bond donors (Lipinski definition) is 3. The molecule has 0 radical (unpaired) electrons. The van der Waals surface area contributed by atoms with Gasteiger partial charge in [-0.1, -0.05) is 26.8 Å². The topological polar surface area (TPSA) is 79.5 Å². The Bertz CT molecular complexity index is 788. The van der Waals surface area contributed by atoms with Crippen LogP contribution in [0.15, 0.2) is 48.5 Å². The van der Waals surface area contributed by atoms with E-state index in [0.717, 1.165) is 23.5 Å². The average molecular weight is 383 g/mol. The zero-order chi connectivity index (χ0) is 20.5. The van der Waals surface area contributed by atoms with Crippen molar-refractivity contribution < 1.29 is 14.3 Å². The molecule has 1 atom stereocenters. The van der Waals surface area contributed by atoms with Crippen molar-refractivity contribution in [1.82, 2.24) is 0 Å². The Morgan fingerprint density at radius 2 is 1.61 bits per heavy atom. The van der Waals surface area contributed by atoms with Crippen LogP contribution in [0.1, 0.15) is 34.1 Å². The Morgan fingerprint density at radius 1 is 0.929 bits per heavy atom. The average Bonchev–Trinajstić information content (AvgIpc) is 2.67. The molecule has 0 heterocycles. The normalized spacial score (nSPS) is 11.6. The molecule has 2 aromatic carbocycles. The lowest BCUT2D eigenvalue weighted by Crippen LogP contribution is -2.22. The van der Waals surface area contributed by atoms with Gasteiger partial charge in [0.05, 0.1) is 12.6 Å². The quantitative estimate of drug-likeness (QED) is 0.595. The smallest absolute Gasteiger partial charge is 0.243 e. The van der Waals surface area contributed by atoms with Crippen LogP contribution in [0, 0.1) is 5.92 Å². The SMILES string of the molecule is CCC(C)Oc1cccc(NC(=O)CNc2ccc(NC(=O)C(C)C)cc2)c1. The maximum atomic E-state index is 12.2. The molecule has 3 N–H and O–H groups in total. The largest absolute Gasteiger partial charge is 0.491 e. The molecule has 6 nitrogen and oxygen atoms in total. The van der Waals surface area contributed by atoms with Gasteiger partial charge in [-0.15, -0.1) is 0 Å². The summed E-state index contributed by atoms with van der Waals surface area (Å²) in [7, 11) is 0. The van der Waals surface area contributed by atoms with Gasteiger partial charge >= 0.3 is 0 Å². The Labute approximate surface area is 166 Å². The van der Waals surface area contributed by atoms with E-state index in [9.17, 15) is 9.59 Å². The minimum Gasteiger partial charge on any atom is -0.491 e. The molecule has 0 spiro atoms. The van der Waals surface area contributed by atoms with Gasteiger partial charge in [0, 0.05) is 29.0 Å². The van der Waals surface area contributed by atoms with Crippen molar-refractivity contribution >= 4 is 28.9 Å². The van der Waals surface area contributed by atoms with E-state index in [1.165, 1.54) is 0 Å². The monoisotopic (exact) mass is 383 g/mol. The van der Waals surface area contributed by atoms with Crippen LogP contribution in [-0.4, -0.2) is 24.5 Å². The predicted molar refractivity (Wildman–Crippen MR) is 114 cm³/mol. The Kier molecular flexibility index (Phi) is 7.87. The first kappa shape index (κ1) is 21.3. The molecule has 0 bridgehead atoms. The Balaban J connectivity index is 1.84. The summed E-state index contributed by atoms with van der Waals surface area (Å²) in [5.41, 5.74) is 2.22. The maximum absolute atomic E-state index is 12.2. The Morgan fingerprint density at radius 3 is 2.25 bits per heavy atom. The van der Waals surface area contributed by atoms with Gasteiger partial charge in [0.15, 0.2) is 0 Å². The van der Waals surface area contributed by atoms with Gasteiger partial charge in [-0.05, 0) is 49.7 Å². The molecule has 2 rings (SSSR count). The molecule has 0 aromatic heterocycles. The third-order valence-electron chi connectivity index (χ3n) is 4.16. The second-order valence-corrected chi connectivity index (χ2v) is 6.99. The van der Waals surface area contributed by atoms with E-state index in [0.29, 0.717) is 5.69 Å². The fraction of sp³-hybridized carbons (Fsp3) is 0.364. The lowest BCUT2D eigenvalue weighted by molar-refractivity contribution is -0.119. The van der Waals surface area contributed by atoms with Crippen molar-refractivity contribution in [2.75, 3.05) is 22.5 Å². The van der Waals surface area contributed by atoms with Crippen LogP contribution >= 0.6 is 0 Å². The number of nitrogens with one attached hydrogen (secondary N) is 3. The van der Waals surface area contributed by atoms with Gasteiger partial charge in [-0.3, -0.25) is 9.59 Å². The van der Waals surface area contributed by atoms with Crippen molar-refractivity contribution in [3.05, 3.63) is 48.5 Å². The van der Waals surface area contributed by atoms with E-state index in [-0.39, 0.29) is 30.4 Å². The number of carbonyl (C=O) groups excluding carboxylic acids is 2. The number of hydrogen-bond acceptors (Lipinski definition) is 4. The molecule has 0 saturated heterocycles. The molecular weight excluding hydrogens is 354 g/mol. The van der Waals surface area contributed by atoms with Crippen LogP contribution in [0.25, 0.3) is 0 Å². The molecule has 6 heteroatoms. The molecule has 0 aliphatic rings. The zero-order valence-corrected chi connectivity index (χ0v) is 16.9. The fourth-order valence-corrected chi connectivity index (χ4v) is 2.31. The van der Waals surface area contributed by atoms with Gasteiger partial charge < -0.3 is 20.7 Å². The number of carbonyl (C=O) groups is 2. The van der Waals surface area contributed by atoms with Crippen LogP contribution < -0.4 is 20.7 Å². The van der Waals surface area contributed by atoms with Gasteiger partial charge in [-0.25, -0.2) is 0 Å². The highest BCUT2D eigenvalue weighted by Gasteiger charge is 2.08. The molecule has 1 unspecified atom stereocenters. The van der Waals surface area contributed by atoms with E-state index < -0.39 is 0 Å².